The van der Waals surface area contributed by atoms with Crippen molar-refractivity contribution in [1.29, 1.82) is 0 Å². The number of ether oxygens (including phenoxy) is 1. The first-order chi connectivity index (χ1) is 10.5. The van der Waals surface area contributed by atoms with Crippen molar-refractivity contribution in [2.75, 3.05) is 12.4 Å². The molecule has 0 aromatic heterocycles. The summed E-state index contributed by atoms with van der Waals surface area (Å²) in [6, 6.07) is 10.6. The summed E-state index contributed by atoms with van der Waals surface area (Å²) in [5.41, 5.74) is 1.23. The number of benzene rings is 2. The Kier molecular flexibility index (Phi) is 4.73. The number of aromatic hydroxyl groups is 2. The molecule has 0 aliphatic carbocycles. The second-order valence-electron chi connectivity index (χ2n) is 4.83. The number of carbonyl (C=O) groups excluding carboxylic acids is 1. The average molecular weight is 302 g/mol. The number of hydrogen-bond acceptors (Lipinski definition) is 4. The standard InChI is InChI=1S/C16H18N2O4/c1-10(11-3-5-15(22-2)6-4-11)17-16(21)18-12-7-13(19)9-14(20)8-12/h3-10,19-20H,1-2H3,(H2,17,18,21). The third-order valence-electron chi connectivity index (χ3n) is 3.12. The smallest absolute Gasteiger partial charge is 0.319 e. The molecule has 1 unspecified atom stereocenters. The summed E-state index contributed by atoms with van der Waals surface area (Å²) in [5, 5.41) is 24.1. The zero-order valence-corrected chi connectivity index (χ0v) is 12.3. The van der Waals surface area contributed by atoms with Gasteiger partial charge in [-0.15, -0.1) is 0 Å². The summed E-state index contributed by atoms with van der Waals surface area (Å²) in [7, 11) is 1.59. The number of rotatable bonds is 4. The van der Waals surface area contributed by atoms with Gasteiger partial charge in [0.05, 0.1) is 13.2 Å². The summed E-state index contributed by atoms with van der Waals surface area (Å²) in [4.78, 5) is 11.9. The maximum atomic E-state index is 11.9. The average Bonchev–Trinajstić information content (AvgIpc) is 2.46. The monoisotopic (exact) mass is 302 g/mol. The number of methoxy groups -OCH3 is 1. The minimum Gasteiger partial charge on any atom is -0.508 e. The van der Waals surface area contributed by atoms with E-state index >= 15 is 0 Å². The first kappa shape index (κ1) is 15.5. The highest BCUT2D eigenvalue weighted by Gasteiger charge is 2.10. The Morgan fingerprint density at radius 2 is 1.68 bits per heavy atom. The molecule has 1 atom stereocenters. The molecule has 116 valence electrons. The fraction of sp³-hybridized carbons (Fsp3) is 0.188. The van der Waals surface area contributed by atoms with Gasteiger partial charge in [-0.2, -0.15) is 0 Å². The van der Waals surface area contributed by atoms with Gasteiger partial charge in [0.25, 0.3) is 0 Å². The summed E-state index contributed by atoms with van der Waals surface area (Å²) in [6.07, 6.45) is 0. The molecule has 22 heavy (non-hydrogen) atoms. The van der Waals surface area contributed by atoms with Crippen molar-refractivity contribution in [3.63, 3.8) is 0 Å². The van der Waals surface area contributed by atoms with E-state index in [9.17, 15) is 15.0 Å². The highest BCUT2D eigenvalue weighted by Crippen LogP contribution is 2.24. The minimum absolute atomic E-state index is 0.126. The summed E-state index contributed by atoms with van der Waals surface area (Å²) in [6.45, 7) is 1.85. The van der Waals surface area contributed by atoms with Crippen LogP contribution in [0, 0.1) is 0 Å². The van der Waals surface area contributed by atoms with E-state index in [1.807, 2.05) is 31.2 Å². The topological polar surface area (TPSA) is 90.8 Å². The molecule has 0 saturated carbocycles. The number of urea groups is 1. The van der Waals surface area contributed by atoms with E-state index in [0.717, 1.165) is 11.3 Å². The predicted octanol–water partition coefficient (Wildman–Crippen LogP) is 2.99. The molecular formula is C16H18N2O4. The van der Waals surface area contributed by atoms with E-state index in [0.29, 0.717) is 5.69 Å². The second-order valence-corrected chi connectivity index (χ2v) is 4.83. The molecule has 4 N–H and O–H groups in total. The SMILES string of the molecule is COc1ccc(C(C)NC(=O)Nc2cc(O)cc(O)c2)cc1. The first-order valence-corrected chi connectivity index (χ1v) is 6.72. The van der Waals surface area contributed by atoms with Gasteiger partial charge in [-0.25, -0.2) is 4.79 Å². The van der Waals surface area contributed by atoms with Crippen molar-refractivity contribution in [2.24, 2.45) is 0 Å². The van der Waals surface area contributed by atoms with Gasteiger partial charge in [-0.05, 0) is 24.6 Å². The molecular weight excluding hydrogens is 284 g/mol. The van der Waals surface area contributed by atoms with Gasteiger partial charge in [0.1, 0.15) is 17.2 Å². The van der Waals surface area contributed by atoms with Gasteiger partial charge in [0.2, 0.25) is 0 Å². The van der Waals surface area contributed by atoms with E-state index < -0.39 is 6.03 Å². The fourth-order valence-corrected chi connectivity index (χ4v) is 2.01. The van der Waals surface area contributed by atoms with Gasteiger partial charge in [0, 0.05) is 23.9 Å². The highest BCUT2D eigenvalue weighted by molar-refractivity contribution is 5.90. The van der Waals surface area contributed by atoms with Gasteiger partial charge in [-0.1, -0.05) is 12.1 Å². The Hall–Kier alpha value is -2.89. The molecule has 0 aliphatic heterocycles. The van der Waals surface area contributed by atoms with E-state index in [1.54, 1.807) is 7.11 Å². The van der Waals surface area contributed by atoms with Crippen LogP contribution < -0.4 is 15.4 Å². The Balaban J connectivity index is 1.98. The van der Waals surface area contributed by atoms with Gasteiger partial charge >= 0.3 is 6.03 Å². The molecule has 0 fully saturated rings. The summed E-state index contributed by atoms with van der Waals surface area (Å²) >= 11 is 0. The van der Waals surface area contributed by atoms with Crippen LogP contribution in [0.2, 0.25) is 0 Å². The van der Waals surface area contributed by atoms with Gasteiger partial charge in [0.15, 0.2) is 0 Å². The molecule has 2 aromatic rings. The van der Waals surface area contributed by atoms with Crippen LogP contribution in [0.25, 0.3) is 0 Å². The van der Waals surface area contributed by atoms with E-state index in [-0.39, 0.29) is 17.5 Å². The molecule has 6 heteroatoms. The van der Waals surface area contributed by atoms with Crippen molar-refractivity contribution < 1.29 is 19.7 Å². The normalized spacial score (nSPS) is 11.5. The Labute approximate surface area is 128 Å². The largest absolute Gasteiger partial charge is 0.508 e. The molecule has 0 radical (unpaired) electrons. The molecule has 2 aromatic carbocycles. The number of hydrogen-bond donors (Lipinski definition) is 4. The number of carbonyl (C=O) groups is 1. The molecule has 2 amide bonds. The maximum absolute atomic E-state index is 11.9. The number of amides is 2. The first-order valence-electron chi connectivity index (χ1n) is 6.72. The van der Waals surface area contributed by atoms with Gasteiger partial charge < -0.3 is 25.6 Å². The van der Waals surface area contributed by atoms with E-state index in [4.69, 9.17) is 4.74 Å². The van der Waals surface area contributed by atoms with Crippen molar-refractivity contribution in [1.82, 2.24) is 5.32 Å². The number of phenols is 2. The molecule has 0 spiro atoms. The predicted molar refractivity (Wildman–Crippen MR) is 83.3 cm³/mol. The minimum atomic E-state index is -0.437. The lowest BCUT2D eigenvalue weighted by molar-refractivity contribution is 0.249. The zero-order chi connectivity index (χ0) is 16.1. The van der Waals surface area contributed by atoms with Crippen molar-refractivity contribution in [2.45, 2.75) is 13.0 Å². The maximum Gasteiger partial charge on any atom is 0.319 e. The number of phenolic OH excluding ortho intramolecular Hbond substituents is 2. The lowest BCUT2D eigenvalue weighted by atomic mass is 10.1. The van der Waals surface area contributed by atoms with Crippen molar-refractivity contribution >= 4 is 11.7 Å². The molecule has 6 nitrogen and oxygen atoms in total. The van der Waals surface area contributed by atoms with E-state index in [1.165, 1.54) is 18.2 Å². The van der Waals surface area contributed by atoms with Gasteiger partial charge in [-0.3, -0.25) is 0 Å². The van der Waals surface area contributed by atoms with Crippen LogP contribution in [0.5, 0.6) is 17.2 Å². The third kappa shape index (κ3) is 4.05. The summed E-state index contributed by atoms with van der Waals surface area (Å²) in [5.74, 6) is 0.493. The van der Waals surface area contributed by atoms with Crippen LogP contribution in [0.1, 0.15) is 18.5 Å². The number of nitrogens with one attached hydrogen (secondary N) is 2. The van der Waals surface area contributed by atoms with Crippen LogP contribution in [0.15, 0.2) is 42.5 Å². The molecule has 2 rings (SSSR count). The molecule has 0 heterocycles. The van der Waals surface area contributed by atoms with Crippen LogP contribution in [0.3, 0.4) is 0 Å². The number of anilines is 1. The fourth-order valence-electron chi connectivity index (χ4n) is 2.01. The zero-order valence-electron chi connectivity index (χ0n) is 12.3. The second kappa shape index (κ2) is 6.71. The summed E-state index contributed by atoms with van der Waals surface area (Å²) < 4.78 is 5.08. The van der Waals surface area contributed by atoms with Crippen molar-refractivity contribution in [3.05, 3.63) is 48.0 Å². The quantitative estimate of drug-likeness (QED) is 0.699. The highest BCUT2D eigenvalue weighted by atomic mass is 16.5. The van der Waals surface area contributed by atoms with Crippen LogP contribution in [-0.4, -0.2) is 23.4 Å². The molecule has 0 saturated heterocycles. The van der Waals surface area contributed by atoms with E-state index in [2.05, 4.69) is 10.6 Å². The van der Waals surface area contributed by atoms with Crippen LogP contribution >= 0.6 is 0 Å². The Morgan fingerprint density at radius 1 is 1.09 bits per heavy atom. The van der Waals surface area contributed by atoms with Crippen LogP contribution in [-0.2, 0) is 0 Å². The lowest BCUT2D eigenvalue weighted by Crippen LogP contribution is -2.31. The molecule has 0 bridgehead atoms. The third-order valence-corrected chi connectivity index (χ3v) is 3.12. The van der Waals surface area contributed by atoms with Crippen LogP contribution in [0.4, 0.5) is 10.5 Å². The Morgan fingerprint density at radius 3 is 2.23 bits per heavy atom. The lowest BCUT2D eigenvalue weighted by Gasteiger charge is -2.15. The Bertz CT molecular complexity index is 635. The van der Waals surface area contributed by atoms with Crippen molar-refractivity contribution in [3.8, 4) is 17.2 Å². The molecule has 0 aliphatic rings.